The van der Waals surface area contributed by atoms with Gasteiger partial charge in [0.15, 0.2) is 0 Å². The molecule has 49 heavy (non-hydrogen) atoms. The van der Waals surface area contributed by atoms with Crippen molar-refractivity contribution in [1.29, 1.82) is 0 Å². The molecule has 0 unspecified atom stereocenters. The Bertz CT molecular complexity index is 2050. The third kappa shape index (κ3) is 5.82. The van der Waals surface area contributed by atoms with Crippen LogP contribution in [0.1, 0.15) is 74.0 Å². The standard InChI is InChI=1S/C42H42N4O3/c1-28-20-30-12-6-7-13-31(30)27-46(28)42(49)37-22-33-26-44(24-29-10-4-3-5-11-29)25-32(33)21-36(37)40-23-38(39-14-8-9-19-45(39)40)41(48)43(2)34-15-17-35(47)18-16-34/h3-7,10-13,15-18,21-23,28,47H,8-9,14,19-20,24-27H2,1-2H3/t28-/m1/s1. The van der Waals surface area contributed by atoms with Gasteiger partial charge in [-0.2, -0.15) is 0 Å². The van der Waals surface area contributed by atoms with Gasteiger partial charge in [-0.25, -0.2) is 0 Å². The Kier molecular flexibility index (Phi) is 8.08. The van der Waals surface area contributed by atoms with Crippen LogP contribution in [0.25, 0.3) is 11.3 Å². The van der Waals surface area contributed by atoms with Crippen LogP contribution in [0.2, 0.25) is 0 Å². The summed E-state index contributed by atoms with van der Waals surface area (Å²) in [6, 6.07) is 32.2. The van der Waals surface area contributed by atoms with Gasteiger partial charge in [-0.05, 0) is 103 Å². The predicted molar refractivity (Wildman–Crippen MR) is 193 cm³/mol. The van der Waals surface area contributed by atoms with Crippen molar-refractivity contribution in [3.8, 4) is 17.0 Å². The second-order valence-electron chi connectivity index (χ2n) is 13.9. The third-order valence-corrected chi connectivity index (χ3v) is 10.7. The maximum absolute atomic E-state index is 14.8. The van der Waals surface area contributed by atoms with Gasteiger partial charge in [0.2, 0.25) is 0 Å². The first kappa shape index (κ1) is 31.1. The zero-order chi connectivity index (χ0) is 33.6. The van der Waals surface area contributed by atoms with Crippen LogP contribution in [0.15, 0.2) is 97.1 Å². The van der Waals surface area contributed by atoms with E-state index in [1.165, 1.54) is 27.8 Å². The van der Waals surface area contributed by atoms with Crippen LogP contribution < -0.4 is 4.90 Å². The van der Waals surface area contributed by atoms with Crippen molar-refractivity contribution >= 4 is 17.5 Å². The molecule has 2 amide bonds. The number of fused-ring (bicyclic) bond motifs is 3. The molecule has 7 nitrogen and oxygen atoms in total. The first-order valence-electron chi connectivity index (χ1n) is 17.4. The van der Waals surface area contributed by atoms with Gasteiger partial charge in [0.05, 0.1) is 5.56 Å². The molecular formula is C42H42N4O3. The number of anilines is 1. The summed E-state index contributed by atoms with van der Waals surface area (Å²) >= 11 is 0. The van der Waals surface area contributed by atoms with E-state index in [0.29, 0.717) is 23.4 Å². The van der Waals surface area contributed by atoms with E-state index < -0.39 is 0 Å². The average Bonchev–Trinajstić information content (AvgIpc) is 3.71. The summed E-state index contributed by atoms with van der Waals surface area (Å²) in [5.41, 5.74) is 11.2. The van der Waals surface area contributed by atoms with Gasteiger partial charge < -0.3 is 19.5 Å². The normalized spacial score (nSPS) is 16.9. The lowest BCUT2D eigenvalue weighted by atomic mass is 9.92. The van der Waals surface area contributed by atoms with Gasteiger partial charge in [-0.15, -0.1) is 0 Å². The van der Waals surface area contributed by atoms with Crippen molar-refractivity contribution in [3.05, 3.63) is 142 Å². The van der Waals surface area contributed by atoms with Crippen molar-refractivity contribution in [1.82, 2.24) is 14.4 Å². The number of phenols is 1. The molecule has 0 saturated carbocycles. The smallest absolute Gasteiger partial charge is 0.259 e. The average molecular weight is 651 g/mol. The minimum absolute atomic E-state index is 0.0433. The number of aromatic nitrogens is 1. The minimum Gasteiger partial charge on any atom is -0.508 e. The molecule has 4 aromatic carbocycles. The molecule has 1 atom stereocenters. The Morgan fingerprint density at radius 1 is 0.796 bits per heavy atom. The largest absolute Gasteiger partial charge is 0.508 e. The zero-order valence-electron chi connectivity index (χ0n) is 28.2. The van der Waals surface area contributed by atoms with Gasteiger partial charge >= 0.3 is 0 Å². The first-order chi connectivity index (χ1) is 23.8. The first-order valence-corrected chi connectivity index (χ1v) is 17.4. The fourth-order valence-electron chi connectivity index (χ4n) is 8.03. The Labute approximate surface area is 288 Å². The lowest BCUT2D eigenvalue weighted by molar-refractivity contribution is 0.0658. The number of aromatic hydroxyl groups is 1. The van der Waals surface area contributed by atoms with Crippen molar-refractivity contribution < 1.29 is 14.7 Å². The molecule has 8 rings (SSSR count). The highest BCUT2D eigenvalue weighted by Gasteiger charge is 2.33. The number of carbonyl (C=O) groups excluding carboxylic acids is 2. The van der Waals surface area contributed by atoms with Gasteiger partial charge in [-0.1, -0.05) is 54.6 Å². The number of phenolic OH excluding ortho intramolecular Hbond substituents is 1. The monoisotopic (exact) mass is 650 g/mol. The summed E-state index contributed by atoms with van der Waals surface area (Å²) in [6.07, 6.45) is 3.68. The summed E-state index contributed by atoms with van der Waals surface area (Å²) < 4.78 is 2.30. The Hall–Kier alpha value is -5.14. The van der Waals surface area contributed by atoms with Crippen molar-refractivity contribution in [2.75, 3.05) is 11.9 Å². The third-order valence-electron chi connectivity index (χ3n) is 10.7. The molecule has 1 N–H and O–H groups in total. The Balaban J connectivity index is 1.22. The molecule has 0 aliphatic carbocycles. The lowest BCUT2D eigenvalue weighted by Crippen LogP contribution is -2.42. The molecule has 1 aromatic heterocycles. The SMILES string of the molecule is C[C@@H]1Cc2ccccc2CN1C(=O)c1cc2c(cc1-c1cc(C(=O)N(C)c3ccc(O)cc3)c3n1CCCC3)CN(Cc1ccccc1)C2. The van der Waals surface area contributed by atoms with Crippen LogP contribution >= 0.6 is 0 Å². The summed E-state index contributed by atoms with van der Waals surface area (Å²) in [6.45, 7) is 5.98. The zero-order valence-corrected chi connectivity index (χ0v) is 28.2. The molecule has 3 aliphatic rings. The van der Waals surface area contributed by atoms with Crippen LogP contribution in [-0.2, 0) is 45.6 Å². The van der Waals surface area contributed by atoms with Gasteiger partial charge in [0.1, 0.15) is 5.75 Å². The molecule has 5 aromatic rings. The van der Waals surface area contributed by atoms with Crippen LogP contribution in [0.4, 0.5) is 5.69 Å². The Morgan fingerprint density at radius 3 is 2.29 bits per heavy atom. The summed E-state index contributed by atoms with van der Waals surface area (Å²) in [5, 5.41) is 9.83. The highest BCUT2D eigenvalue weighted by molar-refractivity contribution is 6.08. The number of nitrogens with zero attached hydrogens (tertiary/aromatic N) is 4. The molecule has 0 spiro atoms. The highest BCUT2D eigenvalue weighted by atomic mass is 16.3. The number of carbonyl (C=O) groups is 2. The van der Waals surface area contributed by atoms with E-state index in [2.05, 4.69) is 77.1 Å². The molecule has 248 valence electrons. The fourth-order valence-corrected chi connectivity index (χ4v) is 8.03. The highest BCUT2D eigenvalue weighted by Crippen LogP contribution is 2.39. The second-order valence-corrected chi connectivity index (χ2v) is 13.9. The summed E-state index contributed by atoms with van der Waals surface area (Å²) in [5.74, 6) is 0.115. The van der Waals surface area contributed by atoms with Crippen LogP contribution in [-0.4, -0.2) is 44.4 Å². The maximum atomic E-state index is 14.8. The summed E-state index contributed by atoms with van der Waals surface area (Å²) in [7, 11) is 1.78. The van der Waals surface area contributed by atoms with Gasteiger partial charge in [-0.3, -0.25) is 14.5 Å². The number of hydrogen-bond donors (Lipinski definition) is 1. The van der Waals surface area contributed by atoms with Gasteiger partial charge in [0, 0.05) is 74.0 Å². The van der Waals surface area contributed by atoms with Crippen molar-refractivity contribution in [2.24, 2.45) is 0 Å². The number of rotatable bonds is 6. The van der Waals surface area contributed by atoms with E-state index in [-0.39, 0.29) is 23.6 Å². The maximum Gasteiger partial charge on any atom is 0.259 e. The number of amides is 2. The van der Waals surface area contributed by atoms with Gasteiger partial charge in [0.25, 0.3) is 11.8 Å². The van der Waals surface area contributed by atoms with E-state index in [1.54, 1.807) is 36.2 Å². The van der Waals surface area contributed by atoms with Crippen LogP contribution in [0.5, 0.6) is 5.75 Å². The van der Waals surface area contributed by atoms with E-state index in [1.807, 2.05) is 17.0 Å². The minimum atomic E-state index is -0.0908. The lowest BCUT2D eigenvalue weighted by Gasteiger charge is -2.35. The summed E-state index contributed by atoms with van der Waals surface area (Å²) in [4.78, 5) is 35.1. The number of benzene rings is 4. The number of hydrogen-bond acceptors (Lipinski definition) is 4. The molecular weight excluding hydrogens is 608 g/mol. The fraction of sp³-hybridized carbons (Fsp3) is 0.286. The molecule has 7 heteroatoms. The topological polar surface area (TPSA) is 69.0 Å². The molecule has 4 heterocycles. The van der Waals surface area contributed by atoms with E-state index in [4.69, 9.17) is 0 Å². The molecule has 0 radical (unpaired) electrons. The van der Waals surface area contributed by atoms with E-state index in [9.17, 15) is 14.7 Å². The van der Waals surface area contributed by atoms with E-state index >= 15 is 0 Å². The Morgan fingerprint density at radius 2 is 1.51 bits per heavy atom. The van der Waals surface area contributed by atoms with E-state index in [0.717, 1.165) is 68.8 Å². The predicted octanol–water partition coefficient (Wildman–Crippen LogP) is 7.58. The van der Waals surface area contributed by atoms with Crippen LogP contribution in [0.3, 0.4) is 0 Å². The van der Waals surface area contributed by atoms with Crippen LogP contribution in [0, 0.1) is 0 Å². The quantitative estimate of drug-likeness (QED) is 0.206. The molecule has 0 saturated heterocycles. The molecule has 0 fully saturated rings. The van der Waals surface area contributed by atoms with Crippen molar-refractivity contribution in [3.63, 3.8) is 0 Å². The van der Waals surface area contributed by atoms with Crippen molar-refractivity contribution in [2.45, 2.75) is 71.4 Å². The molecule has 3 aliphatic heterocycles. The second kappa shape index (κ2) is 12.7. The molecule has 0 bridgehead atoms.